The molecule has 1 aliphatic heterocycles. The number of carbonyl (C=O) groups excluding carboxylic acids is 1. The summed E-state index contributed by atoms with van der Waals surface area (Å²) in [6.45, 7) is 2.79. The zero-order valence-electron chi connectivity index (χ0n) is 15.7. The number of piperidine rings is 1. The maximum atomic E-state index is 13.9. The number of halogens is 2. The lowest BCUT2D eigenvalue weighted by Gasteiger charge is -2.41. The van der Waals surface area contributed by atoms with Crippen molar-refractivity contribution in [1.29, 1.82) is 0 Å². The molecule has 2 rings (SSSR count). The number of amides is 2. The third kappa shape index (κ3) is 6.30. The maximum Gasteiger partial charge on any atom is 0.318 e. The van der Waals surface area contributed by atoms with E-state index in [4.69, 9.17) is 0 Å². The first-order valence-electron chi connectivity index (χ1n) is 8.85. The van der Waals surface area contributed by atoms with Crippen LogP contribution in [-0.4, -0.2) is 44.1 Å². The van der Waals surface area contributed by atoms with Crippen molar-refractivity contribution >= 4 is 15.9 Å². The highest BCUT2D eigenvalue weighted by molar-refractivity contribution is 7.93. The van der Waals surface area contributed by atoms with E-state index in [-0.39, 0.29) is 19.4 Å². The Labute approximate surface area is 159 Å². The van der Waals surface area contributed by atoms with Gasteiger partial charge < -0.3 is 10.2 Å². The van der Waals surface area contributed by atoms with Crippen LogP contribution in [0.2, 0.25) is 0 Å². The van der Waals surface area contributed by atoms with Crippen LogP contribution in [0.25, 0.3) is 0 Å². The quantitative estimate of drug-likeness (QED) is 0.819. The van der Waals surface area contributed by atoms with Crippen LogP contribution in [0, 0.1) is 5.92 Å². The largest absolute Gasteiger partial charge is 0.332 e. The van der Waals surface area contributed by atoms with Gasteiger partial charge >= 0.3 is 6.03 Å². The Morgan fingerprint density at radius 1 is 1.33 bits per heavy atom. The van der Waals surface area contributed by atoms with Crippen LogP contribution >= 0.6 is 0 Å². The third-order valence-corrected chi connectivity index (χ3v) is 5.38. The van der Waals surface area contributed by atoms with Gasteiger partial charge in [-0.15, -0.1) is 0 Å². The SMILES string of the molecule is C[C@@H](/C=C/S(C)(=O)=O)NC(=O)N1CC[C@H](C(C)(F)F)C[C@@H]1c1ccccc1. The summed E-state index contributed by atoms with van der Waals surface area (Å²) in [6.07, 6.45) is 2.85. The summed E-state index contributed by atoms with van der Waals surface area (Å²) in [5, 5.41) is 3.76. The number of urea groups is 1. The number of sulfone groups is 1. The summed E-state index contributed by atoms with van der Waals surface area (Å²) in [5.74, 6) is -3.60. The van der Waals surface area contributed by atoms with E-state index in [1.54, 1.807) is 11.8 Å². The van der Waals surface area contributed by atoms with Gasteiger partial charge in [0.05, 0.1) is 6.04 Å². The van der Waals surface area contributed by atoms with Gasteiger partial charge in [-0.25, -0.2) is 22.0 Å². The first kappa shape index (κ1) is 21.3. The highest BCUT2D eigenvalue weighted by Crippen LogP contribution is 2.41. The molecule has 0 aliphatic carbocycles. The molecular weight excluding hydrogens is 374 g/mol. The van der Waals surface area contributed by atoms with E-state index in [9.17, 15) is 22.0 Å². The monoisotopic (exact) mass is 400 g/mol. The van der Waals surface area contributed by atoms with Gasteiger partial charge in [-0.1, -0.05) is 36.4 Å². The fourth-order valence-electron chi connectivity index (χ4n) is 3.25. The molecule has 5 nitrogen and oxygen atoms in total. The Kier molecular flexibility index (Phi) is 6.62. The number of alkyl halides is 2. The Balaban J connectivity index is 2.17. The molecule has 1 aliphatic rings. The molecular formula is C19H26F2N2O3S. The van der Waals surface area contributed by atoms with Gasteiger partial charge in [-0.2, -0.15) is 0 Å². The fraction of sp³-hybridized carbons (Fsp3) is 0.526. The van der Waals surface area contributed by atoms with Crippen molar-refractivity contribution in [1.82, 2.24) is 10.2 Å². The van der Waals surface area contributed by atoms with Gasteiger partial charge in [0.15, 0.2) is 9.84 Å². The van der Waals surface area contributed by atoms with Crippen molar-refractivity contribution in [2.45, 2.75) is 44.7 Å². The molecule has 1 saturated heterocycles. The summed E-state index contributed by atoms with van der Waals surface area (Å²) in [7, 11) is -3.29. The number of likely N-dealkylation sites (tertiary alicyclic amines) is 1. The van der Waals surface area contributed by atoms with E-state index in [0.29, 0.717) is 0 Å². The molecule has 0 spiro atoms. The number of nitrogens with zero attached hydrogens (tertiary/aromatic N) is 1. The third-order valence-electron chi connectivity index (χ3n) is 4.73. The van der Waals surface area contributed by atoms with Gasteiger partial charge in [0, 0.05) is 30.2 Å². The van der Waals surface area contributed by atoms with Crippen molar-refractivity contribution < 1.29 is 22.0 Å². The van der Waals surface area contributed by atoms with E-state index in [2.05, 4.69) is 5.32 Å². The van der Waals surface area contributed by atoms with E-state index < -0.39 is 39.8 Å². The summed E-state index contributed by atoms with van der Waals surface area (Å²) in [4.78, 5) is 14.3. The molecule has 0 aromatic heterocycles. The van der Waals surface area contributed by atoms with Gasteiger partial charge in [-0.05, 0) is 32.3 Å². The molecule has 0 bridgehead atoms. The van der Waals surface area contributed by atoms with E-state index in [1.165, 1.54) is 6.08 Å². The highest BCUT2D eigenvalue weighted by atomic mass is 32.2. The molecule has 0 unspecified atom stereocenters. The summed E-state index contributed by atoms with van der Waals surface area (Å²) >= 11 is 0. The summed E-state index contributed by atoms with van der Waals surface area (Å²) in [6, 6.07) is 7.76. The zero-order valence-corrected chi connectivity index (χ0v) is 16.5. The molecule has 0 saturated carbocycles. The minimum Gasteiger partial charge on any atom is -0.332 e. The predicted octanol–water partition coefficient (Wildman–Crippen LogP) is 3.75. The standard InChI is InChI=1S/C19H26F2N2O3S/c1-14(10-12-27(3,25)26)22-18(24)23-11-9-16(19(2,20)21)13-17(23)15-7-5-4-6-8-15/h4-8,10,12,14,16-17H,9,11,13H2,1-3H3,(H,22,24)/b12-10+/t14-,16-,17+/m0/s1. The molecule has 3 atom stereocenters. The van der Waals surface area contributed by atoms with Crippen molar-refractivity contribution in [3.8, 4) is 0 Å². The molecule has 2 amide bonds. The molecule has 150 valence electrons. The Morgan fingerprint density at radius 2 is 1.96 bits per heavy atom. The molecule has 27 heavy (non-hydrogen) atoms. The first-order chi connectivity index (χ1) is 12.5. The number of rotatable bonds is 5. The zero-order chi connectivity index (χ0) is 20.2. The van der Waals surface area contributed by atoms with Crippen molar-refractivity contribution in [2.24, 2.45) is 5.92 Å². The molecule has 1 fully saturated rings. The minimum atomic E-state index is -3.29. The lowest BCUT2D eigenvalue weighted by molar-refractivity contribution is -0.0686. The van der Waals surface area contributed by atoms with Crippen LogP contribution in [-0.2, 0) is 9.84 Å². The Morgan fingerprint density at radius 3 is 2.52 bits per heavy atom. The second-order valence-corrected chi connectivity index (χ2v) is 9.12. The molecule has 1 aromatic rings. The van der Waals surface area contributed by atoms with E-state index in [1.807, 2.05) is 30.3 Å². The summed E-state index contributed by atoms with van der Waals surface area (Å²) < 4.78 is 50.1. The van der Waals surface area contributed by atoms with Crippen LogP contribution in [0.3, 0.4) is 0 Å². The van der Waals surface area contributed by atoms with Gasteiger partial charge in [-0.3, -0.25) is 0 Å². The number of carbonyl (C=O) groups is 1. The van der Waals surface area contributed by atoms with Crippen molar-refractivity contribution in [2.75, 3.05) is 12.8 Å². The highest BCUT2D eigenvalue weighted by Gasteiger charge is 2.42. The molecule has 0 radical (unpaired) electrons. The minimum absolute atomic E-state index is 0.175. The average molecular weight is 400 g/mol. The van der Waals surface area contributed by atoms with Crippen LogP contribution < -0.4 is 5.32 Å². The smallest absolute Gasteiger partial charge is 0.318 e. The number of hydrogen-bond acceptors (Lipinski definition) is 3. The lowest BCUT2D eigenvalue weighted by atomic mass is 9.84. The normalized spacial score (nSPS) is 22.6. The maximum absolute atomic E-state index is 13.9. The second kappa shape index (κ2) is 8.37. The fourth-order valence-corrected chi connectivity index (χ4v) is 3.77. The predicted molar refractivity (Wildman–Crippen MR) is 101 cm³/mol. The van der Waals surface area contributed by atoms with E-state index >= 15 is 0 Å². The van der Waals surface area contributed by atoms with Gasteiger partial charge in [0.1, 0.15) is 0 Å². The lowest BCUT2D eigenvalue weighted by Crippen LogP contribution is -2.50. The summed E-state index contributed by atoms with van der Waals surface area (Å²) in [5.41, 5.74) is 0.806. The number of nitrogens with one attached hydrogen (secondary N) is 1. The number of hydrogen-bond donors (Lipinski definition) is 1. The van der Waals surface area contributed by atoms with Crippen LogP contribution in [0.15, 0.2) is 41.8 Å². The van der Waals surface area contributed by atoms with Crippen LogP contribution in [0.1, 0.15) is 38.3 Å². The van der Waals surface area contributed by atoms with Crippen molar-refractivity contribution in [3.63, 3.8) is 0 Å². The topological polar surface area (TPSA) is 66.5 Å². The van der Waals surface area contributed by atoms with E-state index in [0.717, 1.165) is 24.2 Å². The molecule has 8 heteroatoms. The van der Waals surface area contributed by atoms with Gasteiger partial charge in [0.25, 0.3) is 0 Å². The van der Waals surface area contributed by atoms with Gasteiger partial charge in [0.2, 0.25) is 5.92 Å². The first-order valence-corrected chi connectivity index (χ1v) is 10.8. The Hall–Kier alpha value is -1.96. The van der Waals surface area contributed by atoms with Crippen molar-refractivity contribution in [3.05, 3.63) is 47.4 Å². The van der Waals surface area contributed by atoms with Crippen LogP contribution in [0.5, 0.6) is 0 Å². The average Bonchev–Trinajstić information content (AvgIpc) is 2.59. The molecule has 1 N–H and O–H groups in total. The number of benzene rings is 1. The van der Waals surface area contributed by atoms with Crippen LogP contribution in [0.4, 0.5) is 13.6 Å². The Bertz CT molecular complexity index is 776. The second-order valence-electron chi connectivity index (χ2n) is 7.19. The molecule has 1 heterocycles. The molecule has 1 aromatic carbocycles.